The van der Waals surface area contributed by atoms with E-state index in [2.05, 4.69) is 15.4 Å². The highest BCUT2D eigenvalue weighted by molar-refractivity contribution is 5.99. The largest absolute Gasteiger partial charge is 0.303 e. The van der Waals surface area contributed by atoms with Crippen LogP contribution >= 0.6 is 0 Å². The summed E-state index contributed by atoms with van der Waals surface area (Å²) in [6, 6.07) is 20.0. The Bertz CT molecular complexity index is 637. The van der Waals surface area contributed by atoms with Gasteiger partial charge in [0.15, 0.2) is 5.84 Å². The summed E-state index contributed by atoms with van der Waals surface area (Å²) in [6.07, 6.45) is 5.08. The second-order valence-corrected chi connectivity index (χ2v) is 6.37. The van der Waals surface area contributed by atoms with Gasteiger partial charge in [0.2, 0.25) is 0 Å². The zero-order valence-electron chi connectivity index (χ0n) is 14.7. The Balaban J connectivity index is 1.52. The summed E-state index contributed by atoms with van der Waals surface area (Å²) in [5.74, 6) is 0.741. The minimum atomic E-state index is 0.678. The van der Waals surface area contributed by atoms with Crippen LogP contribution in [0.1, 0.15) is 31.2 Å². The van der Waals surface area contributed by atoms with E-state index < -0.39 is 0 Å². The Kier molecular flexibility index (Phi) is 7.03. The summed E-state index contributed by atoms with van der Waals surface area (Å²) in [4.78, 5) is 12.9. The third kappa shape index (κ3) is 6.00. The van der Waals surface area contributed by atoms with E-state index in [0.29, 0.717) is 6.61 Å². The number of nitrogens with zero attached hydrogens (tertiary/aromatic N) is 2. The number of amidine groups is 1. The minimum absolute atomic E-state index is 0.678. The molecule has 0 amide bonds. The molecule has 0 unspecified atom stereocenters. The van der Waals surface area contributed by atoms with Crippen LogP contribution in [-0.4, -0.2) is 37.0 Å². The van der Waals surface area contributed by atoms with E-state index in [4.69, 9.17) is 4.84 Å². The van der Waals surface area contributed by atoms with Crippen molar-refractivity contribution in [1.82, 2.24) is 10.4 Å². The van der Waals surface area contributed by atoms with Crippen LogP contribution in [0.2, 0.25) is 0 Å². The Morgan fingerprint density at radius 3 is 2.32 bits per heavy atom. The smallest absolute Gasteiger partial charge is 0.157 e. The highest BCUT2D eigenvalue weighted by Gasteiger charge is 2.09. The third-order valence-corrected chi connectivity index (χ3v) is 4.38. The van der Waals surface area contributed by atoms with E-state index in [0.717, 1.165) is 30.1 Å². The number of hydrogen-bond donors (Lipinski definition) is 1. The molecule has 1 saturated heterocycles. The number of benzene rings is 2. The van der Waals surface area contributed by atoms with Crippen molar-refractivity contribution >= 4 is 11.5 Å². The van der Waals surface area contributed by atoms with Crippen LogP contribution in [0.3, 0.4) is 0 Å². The molecule has 1 heterocycles. The molecule has 2 aromatic carbocycles. The first kappa shape index (κ1) is 17.6. The highest BCUT2D eigenvalue weighted by Crippen LogP contribution is 2.12. The number of piperidine rings is 1. The predicted octanol–water partition coefficient (Wildman–Crippen LogP) is 4.16. The Labute approximate surface area is 150 Å². The van der Waals surface area contributed by atoms with E-state index >= 15 is 0 Å². The lowest BCUT2D eigenvalue weighted by molar-refractivity contribution is 0.0744. The summed E-state index contributed by atoms with van der Waals surface area (Å²) < 4.78 is 0. The van der Waals surface area contributed by atoms with Crippen molar-refractivity contribution in [3.05, 3.63) is 66.2 Å². The number of para-hydroxylation sites is 1. The molecule has 4 heteroatoms. The average molecular weight is 337 g/mol. The molecule has 0 aromatic heterocycles. The molecule has 2 aromatic rings. The van der Waals surface area contributed by atoms with Gasteiger partial charge in [-0.25, -0.2) is 10.5 Å². The van der Waals surface area contributed by atoms with Gasteiger partial charge in [0.05, 0.1) is 12.3 Å². The number of hydroxylamine groups is 1. The van der Waals surface area contributed by atoms with Gasteiger partial charge in [-0.15, -0.1) is 0 Å². The van der Waals surface area contributed by atoms with Crippen molar-refractivity contribution in [3.8, 4) is 0 Å². The second-order valence-electron chi connectivity index (χ2n) is 6.37. The van der Waals surface area contributed by atoms with Crippen molar-refractivity contribution in [2.24, 2.45) is 4.99 Å². The molecule has 0 saturated carbocycles. The van der Waals surface area contributed by atoms with E-state index in [1.807, 2.05) is 60.7 Å². The first-order valence-corrected chi connectivity index (χ1v) is 9.21. The lowest BCUT2D eigenvalue weighted by Crippen LogP contribution is -2.32. The zero-order valence-corrected chi connectivity index (χ0v) is 14.7. The molecule has 4 nitrogen and oxygen atoms in total. The van der Waals surface area contributed by atoms with Crippen LogP contribution in [-0.2, 0) is 4.84 Å². The molecule has 132 valence electrons. The molecule has 1 fully saturated rings. The molecular weight excluding hydrogens is 310 g/mol. The first-order valence-electron chi connectivity index (χ1n) is 9.21. The average Bonchev–Trinajstić information content (AvgIpc) is 2.69. The number of rotatable bonds is 7. The van der Waals surface area contributed by atoms with Gasteiger partial charge in [0.25, 0.3) is 0 Å². The van der Waals surface area contributed by atoms with Gasteiger partial charge >= 0.3 is 0 Å². The minimum Gasteiger partial charge on any atom is -0.303 e. The third-order valence-electron chi connectivity index (χ3n) is 4.38. The molecule has 0 atom stereocenters. The van der Waals surface area contributed by atoms with Crippen LogP contribution in [0.4, 0.5) is 5.69 Å². The molecule has 0 radical (unpaired) electrons. The molecule has 25 heavy (non-hydrogen) atoms. The fraction of sp³-hybridized carbons (Fsp3) is 0.381. The fourth-order valence-corrected chi connectivity index (χ4v) is 3.04. The van der Waals surface area contributed by atoms with Crippen molar-refractivity contribution < 1.29 is 4.84 Å². The number of hydrogen-bond acceptors (Lipinski definition) is 3. The monoisotopic (exact) mass is 337 g/mol. The first-order chi connectivity index (χ1) is 12.4. The van der Waals surface area contributed by atoms with Crippen molar-refractivity contribution in [2.45, 2.75) is 25.7 Å². The molecule has 0 bridgehead atoms. The molecular formula is C21H27N3O. The van der Waals surface area contributed by atoms with Crippen molar-refractivity contribution in [3.63, 3.8) is 0 Å². The Hall–Kier alpha value is -2.17. The maximum atomic E-state index is 5.71. The number of nitrogens with one attached hydrogen (secondary N) is 1. The standard InChI is InChI=1S/C21H27N3O/c1-4-11-19(12-5-1)21(22-20-13-6-2-7-14-20)23-25-18-10-17-24-15-8-3-9-16-24/h1-2,4-7,11-14H,3,8-10,15-18H2,(H,22,23). The van der Waals surface area contributed by atoms with E-state index in [-0.39, 0.29) is 0 Å². The van der Waals surface area contributed by atoms with E-state index in [1.165, 1.54) is 32.4 Å². The molecule has 0 spiro atoms. The lowest BCUT2D eigenvalue weighted by Gasteiger charge is -2.26. The quantitative estimate of drug-likeness (QED) is 0.357. The maximum absolute atomic E-state index is 5.71. The van der Waals surface area contributed by atoms with E-state index in [1.54, 1.807) is 0 Å². The van der Waals surface area contributed by atoms with Crippen LogP contribution < -0.4 is 5.48 Å². The van der Waals surface area contributed by atoms with Gasteiger partial charge in [-0.05, 0) is 44.5 Å². The Morgan fingerprint density at radius 2 is 1.60 bits per heavy atom. The summed E-state index contributed by atoms with van der Waals surface area (Å²) in [5, 5.41) is 0. The van der Waals surface area contributed by atoms with Crippen LogP contribution in [0.5, 0.6) is 0 Å². The van der Waals surface area contributed by atoms with Gasteiger partial charge in [-0.2, -0.15) is 0 Å². The zero-order chi connectivity index (χ0) is 17.2. The van der Waals surface area contributed by atoms with Crippen LogP contribution in [0.15, 0.2) is 65.7 Å². The molecule has 3 rings (SSSR count). The van der Waals surface area contributed by atoms with Gasteiger partial charge < -0.3 is 4.90 Å². The number of aliphatic imine (C=N–C) groups is 1. The lowest BCUT2D eigenvalue weighted by atomic mass is 10.1. The molecule has 1 N–H and O–H groups in total. The SMILES string of the molecule is c1ccc(/N=C(/NOCCCN2CCCCC2)c2ccccc2)cc1. The predicted molar refractivity (Wildman–Crippen MR) is 103 cm³/mol. The summed E-state index contributed by atoms with van der Waals surface area (Å²) in [6.45, 7) is 4.26. The Morgan fingerprint density at radius 1 is 0.920 bits per heavy atom. The maximum Gasteiger partial charge on any atom is 0.157 e. The topological polar surface area (TPSA) is 36.9 Å². The summed E-state index contributed by atoms with van der Waals surface area (Å²) >= 11 is 0. The summed E-state index contributed by atoms with van der Waals surface area (Å²) in [5.41, 5.74) is 4.98. The number of likely N-dealkylation sites (tertiary alicyclic amines) is 1. The van der Waals surface area contributed by atoms with Crippen molar-refractivity contribution in [1.29, 1.82) is 0 Å². The highest BCUT2D eigenvalue weighted by atomic mass is 16.6. The van der Waals surface area contributed by atoms with E-state index in [9.17, 15) is 0 Å². The van der Waals surface area contributed by atoms with Gasteiger partial charge in [-0.1, -0.05) is 55.0 Å². The summed E-state index contributed by atoms with van der Waals surface area (Å²) in [7, 11) is 0. The molecule has 1 aliphatic heterocycles. The van der Waals surface area contributed by atoms with Crippen LogP contribution in [0, 0.1) is 0 Å². The molecule has 0 aliphatic carbocycles. The van der Waals surface area contributed by atoms with Gasteiger partial charge in [0.1, 0.15) is 0 Å². The van der Waals surface area contributed by atoms with Gasteiger partial charge in [0, 0.05) is 12.1 Å². The normalized spacial score (nSPS) is 15.9. The fourth-order valence-electron chi connectivity index (χ4n) is 3.04. The van der Waals surface area contributed by atoms with Crippen LogP contribution in [0.25, 0.3) is 0 Å². The van der Waals surface area contributed by atoms with Crippen molar-refractivity contribution in [2.75, 3.05) is 26.2 Å². The second kappa shape index (κ2) is 9.97. The molecule has 1 aliphatic rings. The van der Waals surface area contributed by atoms with Gasteiger partial charge in [-0.3, -0.25) is 4.84 Å².